The van der Waals surface area contributed by atoms with Gasteiger partial charge in [-0.05, 0) is 25.0 Å². The molecule has 1 aromatic heterocycles. The first kappa shape index (κ1) is 12.3. The van der Waals surface area contributed by atoms with E-state index in [2.05, 4.69) is 15.3 Å². The van der Waals surface area contributed by atoms with Crippen LogP contribution in [0.3, 0.4) is 0 Å². The Hall–Kier alpha value is -1.72. The lowest BCUT2D eigenvalue weighted by Gasteiger charge is -2.10. The SMILES string of the molecule is O=c1[nH]c(CNC[C@@H]2CCCO2)nc2ccccc12. The van der Waals surface area contributed by atoms with Crippen LogP contribution < -0.4 is 10.9 Å². The van der Waals surface area contributed by atoms with Crippen molar-refractivity contribution in [1.82, 2.24) is 15.3 Å². The molecule has 0 unspecified atom stereocenters. The number of rotatable bonds is 4. The van der Waals surface area contributed by atoms with Crippen molar-refractivity contribution >= 4 is 10.9 Å². The molecule has 1 aliphatic rings. The number of ether oxygens (including phenoxy) is 1. The smallest absolute Gasteiger partial charge is 0.258 e. The second-order valence-corrected chi connectivity index (χ2v) is 4.80. The molecule has 5 heteroatoms. The van der Waals surface area contributed by atoms with Crippen LogP contribution in [0.5, 0.6) is 0 Å². The molecule has 2 N–H and O–H groups in total. The minimum atomic E-state index is -0.0838. The topological polar surface area (TPSA) is 67.0 Å². The number of nitrogens with one attached hydrogen (secondary N) is 2. The van der Waals surface area contributed by atoms with Gasteiger partial charge in [0.2, 0.25) is 0 Å². The quantitative estimate of drug-likeness (QED) is 0.865. The molecule has 0 aliphatic carbocycles. The number of aromatic nitrogens is 2. The Kier molecular flexibility index (Phi) is 3.57. The molecule has 1 fully saturated rings. The summed E-state index contributed by atoms with van der Waals surface area (Å²) >= 11 is 0. The molecule has 5 nitrogen and oxygen atoms in total. The molecule has 1 atom stereocenters. The van der Waals surface area contributed by atoms with Gasteiger partial charge in [-0.3, -0.25) is 4.79 Å². The average molecular weight is 259 g/mol. The minimum Gasteiger partial charge on any atom is -0.377 e. The molecular weight excluding hydrogens is 242 g/mol. The maximum atomic E-state index is 11.9. The van der Waals surface area contributed by atoms with Crippen LogP contribution >= 0.6 is 0 Å². The number of benzene rings is 1. The molecule has 0 bridgehead atoms. The summed E-state index contributed by atoms with van der Waals surface area (Å²) in [6.45, 7) is 2.22. The summed E-state index contributed by atoms with van der Waals surface area (Å²) in [5.41, 5.74) is 0.652. The first-order chi connectivity index (χ1) is 9.33. The molecule has 2 heterocycles. The van der Waals surface area contributed by atoms with Gasteiger partial charge in [-0.1, -0.05) is 12.1 Å². The molecule has 2 aromatic rings. The number of H-pyrrole nitrogens is 1. The fourth-order valence-electron chi connectivity index (χ4n) is 2.38. The lowest BCUT2D eigenvalue weighted by Crippen LogP contribution is -2.27. The van der Waals surface area contributed by atoms with E-state index < -0.39 is 0 Å². The second kappa shape index (κ2) is 5.50. The van der Waals surface area contributed by atoms with Crippen LogP contribution in [0.1, 0.15) is 18.7 Å². The van der Waals surface area contributed by atoms with Gasteiger partial charge in [-0.2, -0.15) is 0 Å². The van der Waals surface area contributed by atoms with E-state index in [4.69, 9.17) is 4.74 Å². The van der Waals surface area contributed by atoms with Gasteiger partial charge in [0.15, 0.2) is 0 Å². The Bertz CT molecular complexity index is 617. The standard InChI is InChI=1S/C14H17N3O2/c18-14-11-5-1-2-6-12(11)16-13(17-14)9-15-8-10-4-3-7-19-10/h1-2,5-6,10,15H,3-4,7-9H2,(H,16,17,18)/t10-/m0/s1. The molecule has 1 aliphatic heterocycles. The third kappa shape index (κ3) is 2.83. The van der Waals surface area contributed by atoms with E-state index in [1.165, 1.54) is 0 Å². The zero-order chi connectivity index (χ0) is 13.1. The molecule has 0 spiro atoms. The second-order valence-electron chi connectivity index (χ2n) is 4.80. The van der Waals surface area contributed by atoms with E-state index in [9.17, 15) is 4.79 Å². The van der Waals surface area contributed by atoms with Crippen LogP contribution in [-0.2, 0) is 11.3 Å². The van der Waals surface area contributed by atoms with E-state index in [1.54, 1.807) is 6.07 Å². The highest BCUT2D eigenvalue weighted by molar-refractivity contribution is 5.77. The molecule has 0 radical (unpaired) electrons. The maximum absolute atomic E-state index is 11.9. The first-order valence-electron chi connectivity index (χ1n) is 6.63. The Morgan fingerprint density at radius 1 is 1.42 bits per heavy atom. The predicted molar refractivity (Wildman–Crippen MR) is 73.0 cm³/mol. The lowest BCUT2D eigenvalue weighted by molar-refractivity contribution is 0.110. The first-order valence-corrected chi connectivity index (χ1v) is 6.63. The van der Waals surface area contributed by atoms with Crippen LogP contribution in [0.2, 0.25) is 0 Å². The number of hydrogen-bond donors (Lipinski definition) is 2. The van der Waals surface area contributed by atoms with Gasteiger partial charge in [0.05, 0.1) is 23.6 Å². The van der Waals surface area contributed by atoms with Crippen molar-refractivity contribution in [3.8, 4) is 0 Å². The molecule has 1 aromatic carbocycles. The predicted octanol–water partition coefficient (Wildman–Crippen LogP) is 1.19. The van der Waals surface area contributed by atoms with Crippen molar-refractivity contribution in [3.63, 3.8) is 0 Å². The van der Waals surface area contributed by atoms with E-state index in [-0.39, 0.29) is 5.56 Å². The monoisotopic (exact) mass is 259 g/mol. The molecule has 19 heavy (non-hydrogen) atoms. The Morgan fingerprint density at radius 2 is 2.32 bits per heavy atom. The number of hydrogen-bond acceptors (Lipinski definition) is 4. The highest BCUT2D eigenvalue weighted by atomic mass is 16.5. The van der Waals surface area contributed by atoms with E-state index >= 15 is 0 Å². The average Bonchev–Trinajstić information content (AvgIpc) is 2.92. The molecule has 100 valence electrons. The van der Waals surface area contributed by atoms with Crippen LogP contribution in [0.25, 0.3) is 10.9 Å². The fraction of sp³-hybridized carbons (Fsp3) is 0.429. The van der Waals surface area contributed by atoms with Gasteiger partial charge in [0, 0.05) is 13.2 Å². The lowest BCUT2D eigenvalue weighted by atomic mass is 10.2. The summed E-state index contributed by atoms with van der Waals surface area (Å²) < 4.78 is 5.53. The van der Waals surface area contributed by atoms with Crippen LogP contribution in [0, 0.1) is 0 Å². The van der Waals surface area contributed by atoms with Gasteiger partial charge in [-0.25, -0.2) is 4.98 Å². The summed E-state index contributed by atoms with van der Waals surface area (Å²) in [5, 5.41) is 3.91. The van der Waals surface area contributed by atoms with E-state index in [1.807, 2.05) is 18.2 Å². The third-order valence-corrected chi connectivity index (χ3v) is 3.35. The summed E-state index contributed by atoms with van der Waals surface area (Å²) in [5.74, 6) is 0.668. The summed E-state index contributed by atoms with van der Waals surface area (Å²) in [7, 11) is 0. The summed E-state index contributed by atoms with van der Waals surface area (Å²) in [6.07, 6.45) is 2.54. The van der Waals surface area contributed by atoms with Gasteiger partial charge in [0.1, 0.15) is 5.82 Å². The number of nitrogens with zero attached hydrogens (tertiary/aromatic N) is 1. The largest absolute Gasteiger partial charge is 0.377 e. The van der Waals surface area contributed by atoms with Crippen LogP contribution in [-0.4, -0.2) is 29.2 Å². The number of aromatic amines is 1. The zero-order valence-corrected chi connectivity index (χ0v) is 10.7. The van der Waals surface area contributed by atoms with Crippen molar-refractivity contribution < 1.29 is 4.74 Å². The van der Waals surface area contributed by atoms with Gasteiger partial charge in [-0.15, -0.1) is 0 Å². The Morgan fingerprint density at radius 3 is 3.16 bits per heavy atom. The zero-order valence-electron chi connectivity index (χ0n) is 10.7. The van der Waals surface area contributed by atoms with Crippen LogP contribution in [0.15, 0.2) is 29.1 Å². The van der Waals surface area contributed by atoms with Crippen LogP contribution in [0.4, 0.5) is 0 Å². The van der Waals surface area contributed by atoms with Crippen molar-refractivity contribution in [2.75, 3.05) is 13.2 Å². The maximum Gasteiger partial charge on any atom is 0.258 e. The normalized spacial score (nSPS) is 19.1. The number of para-hydroxylation sites is 1. The van der Waals surface area contributed by atoms with Gasteiger partial charge < -0.3 is 15.0 Å². The Labute approximate surface area is 111 Å². The van der Waals surface area contributed by atoms with Crippen molar-refractivity contribution in [1.29, 1.82) is 0 Å². The van der Waals surface area contributed by atoms with Crippen molar-refractivity contribution in [2.24, 2.45) is 0 Å². The van der Waals surface area contributed by atoms with E-state index in [0.29, 0.717) is 23.9 Å². The van der Waals surface area contributed by atoms with Crippen molar-refractivity contribution in [2.45, 2.75) is 25.5 Å². The molecule has 0 saturated carbocycles. The minimum absolute atomic E-state index is 0.0838. The molecule has 1 saturated heterocycles. The highest BCUT2D eigenvalue weighted by Gasteiger charge is 2.14. The highest BCUT2D eigenvalue weighted by Crippen LogP contribution is 2.10. The fourth-order valence-corrected chi connectivity index (χ4v) is 2.38. The Balaban J connectivity index is 1.69. The van der Waals surface area contributed by atoms with E-state index in [0.717, 1.165) is 31.5 Å². The van der Waals surface area contributed by atoms with Crippen molar-refractivity contribution in [3.05, 3.63) is 40.4 Å². The van der Waals surface area contributed by atoms with Gasteiger partial charge in [0.25, 0.3) is 5.56 Å². The number of fused-ring (bicyclic) bond motifs is 1. The van der Waals surface area contributed by atoms with Gasteiger partial charge >= 0.3 is 0 Å². The molecule has 0 amide bonds. The summed E-state index contributed by atoms with van der Waals surface area (Å²) in [6, 6.07) is 7.37. The summed E-state index contributed by atoms with van der Waals surface area (Å²) in [4.78, 5) is 19.1. The third-order valence-electron chi connectivity index (χ3n) is 3.35. The molecule has 3 rings (SSSR count). The molecular formula is C14H17N3O2.